The van der Waals surface area contributed by atoms with E-state index in [1.165, 1.54) is 6.07 Å². The lowest BCUT2D eigenvalue weighted by Gasteiger charge is -2.18. The van der Waals surface area contributed by atoms with Gasteiger partial charge in [-0.25, -0.2) is 8.78 Å². The minimum absolute atomic E-state index is 0.153. The number of halogens is 3. The highest BCUT2D eigenvalue weighted by atomic mass is 35.5. The highest BCUT2D eigenvalue weighted by Gasteiger charge is 2.22. The van der Waals surface area contributed by atoms with Crippen molar-refractivity contribution < 1.29 is 13.6 Å². The fourth-order valence-electron chi connectivity index (χ4n) is 3.05. The second-order valence-corrected chi connectivity index (χ2v) is 5.89. The molecule has 2 heterocycles. The third-order valence-electron chi connectivity index (χ3n) is 4.04. The van der Waals surface area contributed by atoms with Gasteiger partial charge in [0.25, 0.3) is 5.91 Å². The van der Waals surface area contributed by atoms with Crippen molar-refractivity contribution in [2.75, 3.05) is 6.54 Å². The van der Waals surface area contributed by atoms with Gasteiger partial charge in [-0.05, 0) is 35.9 Å². The van der Waals surface area contributed by atoms with E-state index in [1.54, 1.807) is 18.2 Å². The number of carbonyl (C=O) groups excluding carboxylic acids is 1. The Balaban J connectivity index is 2.05. The topological polar surface area (TPSA) is 34.0 Å². The zero-order valence-electron chi connectivity index (χ0n) is 11.9. The van der Waals surface area contributed by atoms with Gasteiger partial charge in [0.2, 0.25) is 0 Å². The van der Waals surface area contributed by atoms with Crippen molar-refractivity contribution in [3.05, 3.63) is 58.7 Å². The Morgan fingerprint density at radius 2 is 1.91 bits per heavy atom. The molecule has 6 heteroatoms. The van der Waals surface area contributed by atoms with Gasteiger partial charge < -0.3 is 9.88 Å². The summed E-state index contributed by atoms with van der Waals surface area (Å²) in [6.45, 7) is 1.14. The van der Waals surface area contributed by atoms with Gasteiger partial charge in [0.05, 0.1) is 5.52 Å². The van der Waals surface area contributed by atoms with Crippen molar-refractivity contribution >= 4 is 28.4 Å². The molecule has 2 aromatic carbocycles. The van der Waals surface area contributed by atoms with Gasteiger partial charge in [-0.2, -0.15) is 0 Å². The number of hydrogen-bond acceptors (Lipinski definition) is 1. The molecule has 0 saturated heterocycles. The Hall–Kier alpha value is -2.40. The first-order chi connectivity index (χ1) is 11.0. The predicted molar refractivity (Wildman–Crippen MR) is 84.6 cm³/mol. The number of rotatable bonds is 1. The smallest absolute Gasteiger partial charge is 0.268 e. The van der Waals surface area contributed by atoms with Crippen molar-refractivity contribution in [3.63, 3.8) is 0 Å². The Morgan fingerprint density at radius 3 is 2.70 bits per heavy atom. The molecule has 1 aromatic heterocycles. The maximum Gasteiger partial charge on any atom is 0.268 e. The normalized spacial score (nSPS) is 14.0. The summed E-state index contributed by atoms with van der Waals surface area (Å²) in [4.78, 5) is 12.0. The molecule has 23 heavy (non-hydrogen) atoms. The molecule has 4 rings (SSSR count). The van der Waals surface area contributed by atoms with Crippen molar-refractivity contribution in [2.24, 2.45) is 0 Å². The van der Waals surface area contributed by atoms with Gasteiger partial charge in [-0.15, -0.1) is 0 Å². The first-order valence-corrected chi connectivity index (χ1v) is 7.49. The summed E-state index contributed by atoms with van der Waals surface area (Å²) in [5, 5.41) is 4.06. The molecule has 0 radical (unpaired) electrons. The first kappa shape index (κ1) is 14.2. The van der Waals surface area contributed by atoms with Crippen molar-refractivity contribution in [2.45, 2.75) is 6.54 Å². The van der Waals surface area contributed by atoms with Crippen LogP contribution in [0.1, 0.15) is 10.5 Å². The molecule has 0 saturated carbocycles. The minimum Gasteiger partial charge on any atom is -0.349 e. The van der Waals surface area contributed by atoms with Gasteiger partial charge in [-0.1, -0.05) is 17.7 Å². The molecular formula is C17H11ClF2N2O. The van der Waals surface area contributed by atoms with Crippen LogP contribution in [0, 0.1) is 11.6 Å². The fourth-order valence-corrected chi connectivity index (χ4v) is 3.28. The Bertz CT molecular complexity index is 965. The number of nitrogens with one attached hydrogen (secondary N) is 1. The summed E-state index contributed by atoms with van der Waals surface area (Å²) in [6.07, 6.45) is 0. The molecular weight excluding hydrogens is 322 g/mol. The summed E-state index contributed by atoms with van der Waals surface area (Å²) in [6, 6.07) is 8.97. The molecule has 1 amide bonds. The second kappa shape index (κ2) is 5.06. The Morgan fingerprint density at radius 1 is 1.09 bits per heavy atom. The third-order valence-corrected chi connectivity index (χ3v) is 4.26. The van der Waals surface area contributed by atoms with Crippen LogP contribution in [0.2, 0.25) is 5.02 Å². The second-order valence-electron chi connectivity index (χ2n) is 5.46. The predicted octanol–water partition coefficient (Wildman–Crippen LogP) is 3.98. The average Bonchev–Trinajstić information content (AvgIpc) is 2.89. The number of amides is 1. The van der Waals surface area contributed by atoms with Crippen molar-refractivity contribution in [1.29, 1.82) is 0 Å². The van der Waals surface area contributed by atoms with E-state index in [9.17, 15) is 13.6 Å². The third kappa shape index (κ3) is 2.19. The summed E-state index contributed by atoms with van der Waals surface area (Å²) >= 11 is 6.17. The molecule has 116 valence electrons. The monoisotopic (exact) mass is 332 g/mol. The van der Waals surface area contributed by atoms with Crippen LogP contribution in [-0.4, -0.2) is 17.0 Å². The van der Waals surface area contributed by atoms with Crippen LogP contribution >= 0.6 is 11.6 Å². The summed E-state index contributed by atoms with van der Waals surface area (Å²) in [5.41, 5.74) is 2.53. The van der Waals surface area contributed by atoms with E-state index in [0.717, 1.165) is 23.0 Å². The van der Waals surface area contributed by atoms with Crippen LogP contribution in [0.3, 0.4) is 0 Å². The van der Waals surface area contributed by atoms with E-state index in [2.05, 4.69) is 5.32 Å². The minimum atomic E-state index is -0.918. The van der Waals surface area contributed by atoms with Gasteiger partial charge in [0.1, 0.15) is 5.69 Å². The first-order valence-electron chi connectivity index (χ1n) is 7.11. The van der Waals surface area contributed by atoms with E-state index < -0.39 is 11.6 Å². The molecule has 0 fully saturated rings. The standard InChI is InChI=1S/C17H11ClF2N2O/c18-11-5-10-7-15-17(23)21-3-4-22(15)16(10)12(8-11)9-1-2-13(19)14(20)6-9/h1-2,5-8H,3-4H2,(H,21,23). The highest BCUT2D eigenvalue weighted by molar-refractivity contribution is 6.32. The number of fused-ring (bicyclic) bond motifs is 3. The van der Waals surface area contributed by atoms with Crippen LogP contribution in [0.25, 0.3) is 22.0 Å². The summed E-state index contributed by atoms with van der Waals surface area (Å²) in [5.74, 6) is -1.97. The van der Waals surface area contributed by atoms with Gasteiger partial charge in [0.15, 0.2) is 11.6 Å². The Labute approximate surface area is 135 Å². The molecule has 1 N–H and O–H groups in total. The lowest BCUT2D eigenvalue weighted by molar-refractivity contribution is 0.0929. The number of carbonyl (C=O) groups is 1. The molecule has 3 nitrogen and oxygen atoms in total. The molecule has 1 aliphatic rings. The average molecular weight is 333 g/mol. The summed E-state index contributed by atoms with van der Waals surface area (Å²) < 4.78 is 28.7. The number of nitrogens with zero attached hydrogens (tertiary/aromatic N) is 1. The lowest BCUT2D eigenvalue weighted by Crippen LogP contribution is -2.34. The number of benzene rings is 2. The molecule has 0 bridgehead atoms. The van der Waals surface area contributed by atoms with Crippen molar-refractivity contribution in [3.8, 4) is 11.1 Å². The molecule has 0 spiro atoms. The van der Waals surface area contributed by atoms with Crippen LogP contribution in [-0.2, 0) is 6.54 Å². The fraction of sp³-hybridized carbons (Fsp3) is 0.118. The summed E-state index contributed by atoms with van der Waals surface area (Å²) in [7, 11) is 0. The largest absolute Gasteiger partial charge is 0.349 e. The zero-order chi connectivity index (χ0) is 16.1. The van der Waals surface area contributed by atoms with E-state index in [1.807, 2.05) is 4.57 Å². The van der Waals surface area contributed by atoms with E-state index in [0.29, 0.717) is 34.9 Å². The van der Waals surface area contributed by atoms with Gasteiger partial charge >= 0.3 is 0 Å². The van der Waals surface area contributed by atoms with E-state index >= 15 is 0 Å². The molecule has 0 unspecified atom stereocenters. The zero-order valence-corrected chi connectivity index (χ0v) is 12.6. The number of aromatic nitrogens is 1. The quantitative estimate of drug-likeness (QED) is 0.718. The lowest BCUT2D eigenvalue weighted by atomic mass is 10.0. The molecule has 3 aromatic rings. The SMILES string of the molecule is O=C1NCCn2c1cc1cc(Cl)cc(-c3ccc(F)c(F)c3)c12. The maximum atomic E-state index is 13.6. The van der Waals surface area contributed by atoms with Crippen LogP contribution in [0.4, 0.5) is 8.78 Å². The van der Waals surface area contributed by atoms with Crippen LogP contribution < -0.4 is 5.32 Å². The maximum absolute atomic E-state index is 13.6. The molecule has 0 aliphatic carbocycles. The van der Waals surface area contributed by atoms with Gasteiger partial charge in [0, 0.05) is 29.1 Å². The van der Waals surface area contributed by atoms with Crippen molar-refractivity contribution in [1.82, 2.24) is 9.88 Å². The van der Waals surface area contributed by atoms with E-state index in [4.69, 9.17) is 11.6 Å². The van der Waals surface area contributed by atoms with Crippen LogP contribution in [0.5, 0.6) is 0 Å². The Kier molecular flexibility index (Phi) is 3.13. The number of hydrogen-bond donors (Lipinski definition) is 1. The van der Waals surface area contributed by atoms with Crippen LogP contribution in [0.15, 0.2) is 36.4 Å². The molecule has 0 atom stereocenters. The highest BCUT2D eigenvalue weighted by Crippen LogP contribution is 2.35. The molecule has 1 aliphatic heterocycles. The van der Waals surface area contributed by atoms with Gasteiger partial charge in [-0.3, -0.25) is 4.79 Å². The van der Waals surface area contributed by atoms with E-state index in [-0.39, 0.29) is 5.91 Å².